The number of nitrogens with two attached hydrogens (primary N) is 2. The highest BCUT2D eigenvalue weighted by Gasteiger charge is 2.23. The number of hydrogen-bond acceptors (Lipinski definition) is 2. The summed E-state index contributed by atoms with van der Waals surface area (Å²) in [5, 5.41) is 1.14. The lowest BCUT2D eigenvalue weighted by Gasteiger charge is -2.23. The molecular weight excluding hydrogens is 427 g/mol. The normalized spacial score (nSPS) is 14.1. The molecule has 0 aliphatic rings. The van der Waals surface area contributed by atoms with E-state index < -0.39 is 12.1 Å². The third-order valence-electron chi connectivity index (χ3n) is 3.07. The van der Waals surface area contributed by atoms with Gasteiger partial charge in [-0.05, 0) is 55.1 Å². The third kappa shape index (κ3) is 3.21. The number of rotatable bonds is 3. The first-order valence-corrected chi connectivity index (χ1v) is 8.16. The Morgan fingerprint density at radius 2 is 1.10 bits per heavy atom. The van der Waals surface area contributed by atoms with Crippen LogP contribution in [0.25, 0.3) is 0 Å². The molecule has 2 unspecified atom stereocenters. The summed E-state index contributed by atoms with van der Waals surface area (Å²) in [6, 6.07) is 10.3. The van der Waals surface area contributed by atoms with Crippen LogP contribution in [0.1, 0.15) is 23.2 Å². The Kier molecular flexibility index (Phi) is 5.51. The van der Waals surface area contributed by atoms with E-state index in [1.807, 2.05) is 36.4 Å². The van der Waals surface area contributed by atoms with Crippen molar-refractivity contribution < 1.29 is 0 Å². The standard InChI is InChI=1S/C14H12Br2Cl2N2/c15-9-5-1-3-7(11(9)17)13(19)14(20)8-4-2-6-10(16)12(8)18/h1-6,13-14H,19-20H2. The van der Waals surface area contributed by atoms with Crippen LogP contribution in [0.5, 0.6) is 0 Å². The topological polar surface area (TPSA) is 52.0 Å². The molecule has 20 heavy (non-hydrogen) atoms. The predicted molar refractivity (Wildman–Crippen MR) is 92.2 cm³/mol. The van der Waals surface area contributed by atoms with Gasteiger partial charge in [0.1, 0.15) is 0 Å². The molecule has 0 spiro atoms. The molecule has 0 saturated carbocycles. The molecule has 6 heteroatoms. The summed E-state index contributed by atoms with van der Waals surface area (Å²) >= 11 is 19.3. The minimum atomic E-state index is -0.452. The van der Waals surface area contributed by atoms with Crippen LogP contribution in [0.15, 0.2) is 45.3 Å². The quantitative estimate of drug-likeness (QED) is 0.690. The monoisotopic (exact) mass is 436 g/mol. The molecule has 0 aliphatic carbocycles. The van der Waals surface area contributed by atoms with Crippen molar-refractivity contribution in [2.75, 3.05) is 0 Å². The van der Waals surface area contributed by atoms with Gasteiger partial charge in [-0.25, -0.2) is 0 Å². The molecule has 2 nitrogen and oxygen atoms in total. The Morgan fingerprint density at radius 3 is 1.45 bits per heavy atom. The zero-order chi connectivity index (χ0) is 14.9. The first-order valence-electron chi connectivity index (χ1n) is 5.82. The van der Waals surface area contributed by atoms with Crippen molar-refractivity contribution in [1.29, 1.82) is 0 Å². The Balaban J connectivity index is 2.40. The van der Waals surface area contributed by atoms with E-state index in [1.165, 1.54) is 0 Å². The second-order valence-electron chi connectivity index (χ2n) is 4.34. The highest BCUT2D eigenvalue weighted by molar-refractivity contribution is 9.10. The van der Waals surface area contributed by atoms with E-state index in [2.05, 4.69) is 31.9 Å². The van der Waals surface area contributed by atoms with Crippen molar-refractivity contribution in [3.8, 4) is 0 Å². The molecule has 0 fully saturated rings. The molecule has 0 radical (unpaired) electrons. The molecule has 0 aliphatic heterocycles. The van der Waals surface area contributed by atoms with Gasteiger partial charge in [0.2, 0.25) is 0 Å². The van der Waals surface area contributed by atoms with Crippen LogP contribution in [-0.2, 0) is 0 Å². The van der Waals surface area contributed by atoms with Gasteiger partial charge in [-0.1, -0.05) is 47.5 Å². The molecule has 0 bridgehead atoms. The zero-order valence-corrected chi connectivity index (χ0v) is 15.0. The van der Waals surface area contributed by atoms with Crippen LogP contribution in [0, 0.1) is 0 Å². The zero-order valence-electron chi connectivity index (χ0n) is 10.3. The fourth-order valence-corrected chi connectivity index (χ4v) is 3.21. The van der Waals surface area contributed by atoms with Crippen molar-refractivity contribution >= 4 is 55.1 Å². The predicted octanol–water partition coefficient (Wildman–Crippen LogP) is 5.22. The average molecular weight is 439 g/mol. The van der Waals surface area contributed by atoms with Crippen molar-refractivity contribution in [3.05, 3.63) is 66.5 Å². The second-order valence-corrected chi connectivity index (χ2v) is 6.80. The molecule has 106 valence electrons. The Labute approximate surface area is 144 Å². The molecule has 2 aromatic carbocycles. The molecule has 0 amide bonds. The van der Waals surface area contributed by atoms with Crippen LogP contribution in [0.4, 0.5) is 0 Å². The molecule has 2 aromatic rings. The van der Waals surface area contributed by atoms with Gasteiger partial charge >= 0.3 is 0 Å². The lowest BCUT2D eigenvalue weighted by atomic mass is 9.95. The second kappa shape index (κ2) is 6.77. The lowest BCUT2D eigenvalue weighted by molar-refractivity contribution is 0.574. The Bertz CT molecular complexity index is 579. The molecule has 2 atom stereocenters. The minimum absolute atomic E-state index is 0.452. The van der Waals surface area contributed by atoms with Gasteiger partial charge in [0.05, 0.1) is 22.1 Å². The molecular formula is C14H12Br2Cl2N2. The van der Waals surface area contributed by atoms with E-state index >= 15 is 0 Å². The van der Waals surface area contributed by atoms with Gasteiger partial charge in [0.15, 0.2) is 0 Å². The maximum atomic E-state index is 6.27. The van der Waals surface area contributed by atoms with Gasteiger partial charge in [0.25, 0.3) is 0 Å². The molecule has 2 rings (SSSR count). The summed E-state index contributed by atoms with van der Waals surface area (Å²) in [6.07, 6.45) is 0. The molecule has 0 saturated heterocycles. The van der Waals surface area contributed by atoms with Crippen molar-refractivity contribution in [3.63, 3.8) is 0 Å². The molecule has 4 N–H and O–H groups in total. The van der Waals surface area contributed by atoms with Crippen LogP contribution in [0.2, 0.25) is 10.0 Å². The average Bonchev–Trinajstić information content (AvgIpc) is 2.43. The SMILES string of the molecule is NC(c1cccc(Br)c1Cl)C(N)c1cccc(Br)c1Cl. The summed E-state index contributed by atoms with van der Waals surface area (Å²) < 4.78 is 1.58. The van der Waals surface area contributed by atoms with Gasteiger partial charge < -0.3 is 11.5 Å². The Morgan fingerprint density at radius 1 is 0.750 bits per heavy atom. The smallest absolute Gasteiger partial charge is 0.0596 e. The van der Waals surface area contributed by atoms with Crippen LogP contribution in [0.3, 0.4) is 0 Å². The summed E-state index contributed by atoms with van der Waals surface area (Å²) in [5.74, 6) is 0. The fraction of sp³-hybridized carbons (Fsp3) is 0.143. The van der Waals surface area contributed by atoms with Gasteiger partial charge in [-0.3, -0.25) is 0 Å². The highest BCUT2D eigenvalue weighted by Crippen LogP contribution is 2.37. The number of hydrogen-bond donors (Lipinski definition) is 2. The largest absolute Gasteiger partial charge is 0.322 e. The Hall–Kier alpha value is -0.100. The third-order valence-corrected chi connectivity index (χ3v) is 5.69. The summed E-state index contributed by atoms with van der Waals surface area (Å²) in [6.45, 7) is 0. The minimum Gasteiger partial charge on any atom is -0.322 e. The van der Waals surface area contributed by atoms with E-state index in [-0.39, 0.29) is 0 Å². The van der Waals surface area contributed by atoms with Crippen molar-refractivity contribution in [1.82, 2.24) is 0 Å². The van der Waals surface area contributed by atoms with E-state index in [4.69, 9.17) is 34.7 Å². The summed E-state index contributed by atoms with van der Waals surface area (Å²) in [4.78, 5) is 0. The van der Waals surface area contributed by atoms with Crippen molar-refractivity contribution in [2.45, 2.75) is 12.1 Å². The van der Waals surface area contributed by atoms with Crippen LogP contribution >= 0.6 is 55.1 Å². The molecule has 0 aromatic heterocycles. The van der Waals surface area contributed by atoms with E-state index in [0.717, 1.165) is 20.1 Å². The van der Waals surface area contributed by atoms with Gasteiger partial charge in [0, 0.05) is 8.95 Å². The number of halogens is 4. The van der Waals surface area contributed by atoms with Crippen molar-refractivity contribution in [2.24, 2.45) is 11.5 Å². The highest BCUT2D eigenvalue weighted by atomic mass is 79.9. The fourth-order valence-electron chi connectivity index (χ4n) is 1.94. The van der Waals surface area contributed by atoms with Gasteiger partial charge in [-0.2, -0.15) is 0 Å². The first kappa shape index (κ1) is 16.3. The maximum Gasteiger partial charge on any atom is 0.0596 e. The van der Waals surface area contributed by atoms with E-state index in [9.17, 15) is 0 Å². The summed E-state index contributed by atoms with van der Waals surface area (Å²) in [7, 11) is 0. The van der Waals surface area contributed by atoms with Gasteiger partial charge in [-0.15, -0.1) is 0 Å². The van der Waals surface area contributed by atoms with E-state index in [1.54, 1.807) is 0 Å². The van der Waals surface area contributed by atoms with E-state index in [0.29, 0.717) is 10.0 Å². The van der Waals surface area contributed by atoms with Crippen LogP contribution < -0.4 is 11.5 Å². The first-order chi connectivity index (χ1) is 9.43. The number of benzene rings is 2. The van der Waals surface area contributed by atoms with Crippen LogP contribution in [-0.4, -0.2) is 0 Å². The molecule has 0 heterocycles. The summed E-state index contributed by atoms with van der Waals surface area (Å²) in [5.41, 5.74) is 14.1. The lowest BCUT2D eigenvalue weighted by Crippen LogP contribution is -2.27. The maximum absolute atomic E-state index is 6.27.